The van der Waals surface area contributed by atoms with E-state index >= 15 is 0 Å². The van der Waals surface area contributed by atoms with E-state index in [1.807, 2.05) is 19.1 Å². The minimum atomic E-state index is -3.46. The smallest absolute Gasteiger partial charge is 0.264 e. The van der Waals surface area contributed by atoms with Gasteiger partial charge in [0.05, 0.1) is 4.90 Å². The van der Waals surface area contributed by atoms with E-state index in [4.69, 9.17) is 17.0 Å². The minimum Gasteiger partial charge on any atom is -0.483 e. The molecule has 1 amide bonds. The number of aryl methyl sites for hydroxylation is 1. The molecule has 2 aromatic rings. The molecule has 2 aromatic carbocycles. The molecule has 0 atom stereocenters. The van der Waals surface area contributed by atoms with Crippen molar-refractivity contribution in [1.82, 2.24) is 9.62 Å². The van der Waals surface area contributed by atoms with Gasteiger partial charge in [0.15, 0.2) is 11.7 Å². The first kappa shape index (κ1) is 22.7. The monoisotopic (exact) mass is 511 g/mol. The number of ether oxygens (including phenoxy) is 1. The first-order valence-corrected chi connectivity index (χ1v) is 12.0. The highest BCUT2D eigenvalue weighted by molar-refractivity contribution is 9.10. The fraction of sp³-hybridized carbons (Fsp3) is 0.300. The Morgan fingerprint density at radius 2 is 1.83 bits per heavy atom. The standard InChI is InChI=1S/C20H22BrN3O4S2/c1-14-12-15(21)4-9-18(14)28-13-19(25)23-20(29)22-16-5-7-17(8-6-16)30(26,27)24-10-2-3-11-24/h4-9,12H,2-3,10-11,13H2,1H3,(H2,22,23,25,29). The molecule has 2 N–H and O–H groups in total. The molecule has 160 valence electrons. The summed E-state index contributed by atoms with van der Waals surface area (Å²) < 4.78 is 33.0. The van der Waals surface area contributed by atoms with Gasteiger partial charge in [0.1, 0.15) is 5.75 Å². The van der Waals surface area contributed by atoms with E-state index in [1.54, 1.807) is 18.2 Å². The Balaban J connectivity index is 1.51. The first-order valence-electron chi connectivity index (χ1n) is 9.36. The summed E-state index contributed by atoms with van der Waals surface area (Å²) in [5.74, 6) is 0.213. The van der Waals surface area contributed by atoms with Crippen LogP contribution in [0.5, 0.6) is 5.75 Å². The molecule has 1 aliphatic rings. The van der Waals surface area contributed by atoms with Crippen LogP contribution in [0.1, 0.15) is 18.4 Å². The molecular formula is C20H22BrN3O4S2. The zero-order chi connectivity index (χ0) is 21.7. The number of anilines is 1. The Labute approximate surface area is 190 Å². The van der Waals surface area contributed by atoms with Gasteiger partial charge in [-0.1, -0.05) is 15.9 Å². The molecule has 30 heavy (non-hydrogen) atoms. The summed E-state index contributed by atoms with van der Waals surface area (Å²) in [6, 6.07) is 11.8. The molecule has 0 radical (unpaired) electrons. The molecule has 0 saturated carbocycles. The van der Waals surface area contributed by atoms with Crippen LogP contribution in [0.15, 0.2) is 51.8 Å². The topological polar surface area (TPSA) is 87.7 Å². The summed E-state index contributed by atoms with van der Waals surface area (Å²) in [7, 11) is -3.46. The zero-order valence-electron chi connectivity index (χ0n) is 16.4. The molecule has 0 aromatic heterocycles. The van der Waals surface area contributed by atoms with Gasteiger partial charge in [-0.05, 0) is 80.0 Å². The summed E-state index contributed by atoms with van der Waals surface area (Å²) in [5, 5.41) is 5.51. The lowest BCUT2D eigenvalue weighted by Gasteiger charge is -2.16. The second-order valence-corrected chi connectivity index (χ2v) is 10.1. The summed E-state index contributed by atoms with van der Waals surface area (Å²) in [6.07, 6.45) is 1.77. The Hall–Kier alpha value is -2.01. The predicted octanol–water partition coefficient (Wildman–Crippen LogP) is 3.43. The summed E-state index contributed by atoms with van der Waals surface area (Å²) in [4.78, 5) is 12.3. The molecule has 0 bridgehead atoms. The maximum Gasteiger partial charge on any atom is 0.264 e. The predicted molar refractivity (Wildman–Crippen MR) is 123 cm³/mol. The van der Waals surface area contributed by atoms with Crippen molar-refractivity contribution in [2.24, 2.45) is 0 Å². The van der Waals surface area contributed by atoms with E-state index < -0.39 is 15.9 Å². The minimum absolute atomic E-state index is 0.103. The van der Waals surface area contributed by atoms with Gasteiger partial charge in [-0.25, -0.2) is 8.42 Å². The van der Waals surface area contributed by atoms with Crippen molar-refractivity contribution in [3.63, 3.8) is 0 Å². The highest BCUT2D eigenvalue weighted by atomic mass is 79.9. The van der Waals surface area contributed by atoms with E-state index in [9.17, 15) is 13.2 Å². The largest absolute Gasteiger partial charge is 0.483 e. The number of hydrogen-bond acceptors (Lipinski definition) is 5. The Kier molecular flexibility index (Phi) is 7.45. The van der Waals surface area contributed by atoms with Crippen LogP contribution in [0.25, 0.3) is 0 Å². The molecule has 0 unspecified atom stereocenters. The highest BCUT2D eigenvalue weighted by Gasteiger charge is 2.26. The van der Waals surface area contributed by atoms with E-state index in [1.165, 1.54) is 16.4 Å². The quantitative estimate of drug-likeness (QED) is 0.577. The van der Waals surface area contributed by atoms with E-state index in [2.05, 4.69) is 26.6 Å². The normalized spacial score (nSPS) is 14.3. The van der Waals surface area contributed by atoms with E-state index in [0.717, 1.165) is 22.9 Å². The van der Waals surface area contributed by atoms with Gasteiger partial charge in [-0.2, -0.15) is 4.31 Å². The fourth-order valence-electron chi connectivity index (χ4n) is 3.03. The third-order valence-electron chi connectivity index (χ3n) is 4.56. The van der Waals surface area contributed by atoms with Crippen molar-refractivity contribution in [3.8, 4) is 5.75 Å². The molecule has 1 saturated heterocycles. The van der Waals surface area contributed by atoms with Crippen LogP contribution in [0.2, 0.25) is 0 Å². The number of thiocarbonyl (C=S) groups is 1. The molecule has 1 heterocycles. The van der Waals surface area contributed by atoms with Gasteiger partial charge in [0, 0.05) is 23.2 Å². The number of rotatable bonds is 6. The second kappa shape index (κ2) is 9.86. The van der Waals surface area contributed by atoms with Gasteiger partial charge < -0.3 is 10.1 Å². The number of halogens is 1. The van der Waals surface area contributed by atoms with E-state index in [0.29, 0.717) is 24.5 Å². The van der Waals surface area contributed by atoms with Crippen molar-refractivity contribution in [3.05, 3.63) is 52.5 Å². The molecule has 1 aliphatic heterocycles. The maximum absolute atomic E-state index is 12.6. The lowest BCUT2D eigenvalue weighted by atomic mass is 10.2. The number of sulfonamides is 1. The number of nitrogens with zero attached hydrogens (tertiary/aromatic N) is 1. The number of amides is 1. The van der Waals surface area contributed by atoms with Crippen LogP contribution in [-0.4, -0.2) is 43.4 Å². The van der Waals surface area contributed by atoms with Crippen molar-refractivity contribution in [2.75, 3.05) is 25.0 Å². The fourth-order valence-corrected chi connectivity index (χ4v) is 5.26. The van der Waals surface area contributed by atoms with Gasteiger partial charge in [0.25, 0.3) is 5.91 Å². The molecule has 1 fully saturated rings. The lowest BCUT2D eigenvalue weighted by Crippen LogP contribution is -2.37. The average Bonchev–Trinajstić information content (AvgIpc) is 3.23. The lowest BCUT2D eigenvalue weighted by molar-refractivity contribution is -0.121. The Morgan fingerprint density at radius 1 is 1.17 bits per heavy atom. The van der Waals surface area contributed by atoms with Crippen LogP contribution in [-0.2, 0) is 14.8 Å². The van der Waals surface area contributed by atoms with Gasteiger partial charge in [-0.3, -0.25) is 10.1 Å². The first-order chi connectivity index (χ1) is 14.3. The van der Waals surface area contributed by atoms with Crippen molar-refractivity contribution in [1.29, 1.82) is 0 Å². The third kappa shape index (κ3) is 5.78. The van der Waals surface area contributed by atoms with Crippen LogP contribution in [0, 0.1) is 6.92 Å². The number of benzene rings is 2. The SMILES string of the molecule is Cc1cc(Br)ccc1OCC(=O)NC(=S)Nc1ccc(S(=O)(=O)N2CCCC2)cc1. The number of carbonyl (C=O) groups is 1. The molecular weight excluding hydrogens is 490 g/mol. The van der Waals surface area contributed by atoms with Gasteiger partial charge in [-0.15, -0.1) is 0 Å². The second-order valence-electron chi connectivity index (χ2n) is 6.84. The summed E-state index contributed by atoms with van der Waals surface area (Å²) >= 11 is 8.53. The van der Waals surface area contributed by atoms with E-state index in [-0.39, 0.29) is 16.6 Å². The maximum atomic E-state index is 12.6. The highest BCUT2D eigenvalue weighted by Crippen LogP contribution is 2.23. The third-order valence-corrected chi connectivity index (χ3v) is 7.17. The summed E-state index contributed by atoms with van der Waals surface area (Å²) in [5.41, 5.74) is 1.48. The molecule has 10 heteroatoms. The summed E-state index contributed by atoms with van der Waals surface area (Å²) in [6.45, 7) is 2.82. The molecule has 0 aliphatic carbocycles. The number of carbonyl (C=O) groups excluding carboxylic acids is 1. The molecule has 7 nitrogen and oxygen atoms in total. The number of nitrogens with one attached hydrogen (secondary N) is 2. The average molecular weight is 512 g/mol. The Morgan fingerprint density at radius 3 is 2.47 bits per heavy atom. The van der Waals surface area contributed by atoms with Crippen LogP contribution >= 0.6 is 28.1 Å². The van der Waals surface area contributed by atoms with Gasteiger partial charge in [0.2, 0.25) is 10.0 Å². The molecule has 0 spiro atoms. The van der Waals surface area contributed by atoms with Crippen molar-refractivity contribution >= 4 is 54.9 Å². The van der Waals surface area contributed by atoms with Crippen molar-refractivity contribution in [2.45, 2.75) is 24.7 Å². The van der Waals surface area contributed by atoms with Gasteiger partial charge >= 0.3 is 0 Å². The Bertz CT molecular complexity index is 1040. The van der Waals surface area contributed by atoms with Crippen LogP contribution in [0.3, 0.4) is 0 Å². The number of hydrogen-bond donors (Lipinski definition) is 2. The van der Waals surface area contributed by atoms with Crippen LogP contribution in [0.4, 0.5) is 5.69 Å². The van der Waals surface area contributed by atoms with Crippen LogP contribution < -0.4 is 15.4 Å². The zero-order valence-corrected chi connectivity index (χ0v) is 19.6. The molecule has 3 rings (SSSR count). The van der Waals surface area contributed by atoms with Crippen molar-refractivity contribution < 1.29 is 17.9 Å².